The topological polar surface area (TPSA) is 42.2 Å². The van der Waals surface area contributed by atoms with E-state index in [1.54, 1.807) is 12.1 Å². The van der Waals surface area contributed by atoms with Crippen molar-refractivity contribution in [1.29, 1.82) is 5.26 Å². The summed E-state index contributed by atoms with van der Waals surface area (Å²) in [5.74, 6) is 0.196. The SMILES string of the molecule is COc1cc2sc(C#N)cc2cc1OC(F)F. The van der Waals surface area contributed by atoms with Gasteiger partial charge in [-0.2, -0.15) is 14.0 Å². The van der Waals surface area contributed by atoms with Crippen LogP contribution < -0.4 is 9.47 Å². The largest absolute Gasteiger partial charge is 0.493 e. The number of rotatable bonds is 3. The van der Waals surface area contributed by atoms with Gasteiger partial charge in [-0.25, -0.2) is 0 Å². The maximum absolute atomic E-state index is 12.2. The number of thiophene rings is 1. The minimum Gasteiger partial charge on any atom is -0.493 e. The third-order valence-corrected chi connectivity index (χ3v) is 3.13. The Morgan fingerprint density at radius 2 is 2.06 bits per heavy atom. The van der Waals surface area contributed by atoms with Gasteiger partial charge in [-0.05, 0) is 17.5 Å². The minimum atomic E-state index is -2.91. The van der Waals surface area contributed by atoms with E-state index in [4.69, 9.17) is 10.00 Å². The second kappa shape index (κ2) is 4.55. The lowest BCUT2D eigenvalue weighted by atomic mass is 10.2. The highest BCUT2D eigenvalue weighted by molar-refractivity contribution is 7.19. The Labute approximate surface area is 99.8 Å². The Morgan fingerprint density at radius 1 is 1.29 bits per heavy atom. The number of nitriles is 1. The van der Waals surface area contributed by atoms with E-state index in [2.05, 4.69) is 4.74 Å². The fraction of sp³-hybridized carbons (Fsp3) is 0.182. The minimum absolute atomic E-state index is 0.0303. The zero-order valence-electron chi connectivity index (χ0n) is 8.74. The number of hydrogen-bond acceptors (Lipinski definition) is 4. The molecule has 0 radical (unpaired) electrons. The summed E-state index contributed by atoms with van der Waals surface area (Å²) in [5, 5.41) is 9.44. The number of alkyl halides is 2. The molecule has 88 valence electrons. The molecule has 0 spiro atoms. The zero-order chi connectivity index (χ0) is 12.4. The number of ether oxygens (including phenoxy) is 2. The molecule has 1 aromatic carbocycles. The molecule has 0 atom stereocenters. The first-order valence-electron chi connectivity index (χ1n) is 4.60. The van der Waals surface area contributed by atoms with E-state index in [0.717, 1.165) is 4.70 Å². The molecule has 0 amide bonds. The quantitative estimate of drug-likeness (QED) is 0.844. The summed E-state index contributed by atoms with van der Waals surface area (Å²) >= 11 is 1.27. The molecule has 0 bridgehead atoms. The molecule has 1 aromatic heterocycles. The van der Waals surface area contributed by atoms with Crippen LogP contribution in [0.2, 0.25) is 0 Å². The number of fused-ring (bicyclic) bond motifs is 1. The predicted octanol–water partition coefficient (Wildman–Crippen LogP) is 3.38. The Balaban J connectivity index is 2.55. The van der Waals surface area contributed by atoms with E-state index in [0.29, 0.717) is 10.3 Å². The Morgan fingerprint density at radius 3 is 2.65 bits per heavy atom. The highest BCUT2D eigenvalue weighted by Gasteiger charge is 2.13. The van der Waals surface area contributed by atoms with Gasteiger partial charge in [0, 0.05) is 10.8 Å². The second-order valence-corrected chi connectivity index (χ2v) is 4.23. The van der Waals surface area contributed by atoms with Gasteiger partial charge in [0.05, 0.1) is 7.11 Å². The molecule has 0 aliphatic rings. The van der Waals surface area contributed by atoms with E-state index in [1.807, 2.05) is 6.07 Å². The van der Waals surface area contributed by atoms with Gasteiger partial charge in [0.2, 0.25) is 0 Å². The van der Waals surface area contributed by atoms with E-state index in [9.17, 15) is 8.78 Å². The molecule has 0 fully saturated rings. The summed E-state index contributed by atoms with van der Waals surface area (Å²) in [4.78, 5) is 0.510. The average Bonchev–Trinajstić information content (AvgIpc) is 2.69. The number of methoxy groups -OCH3 is 1. The first-order valence-corrected chi connectivity index (χ1v) is 5.42. The molecule has 0 saturated carbocycles. The van der Waals surface area contributed by atoms with Gasteiger partial charge >= 0.3 is 6.61 Å². The highest BCUT2D eigenvalue weighted by atomic mass is 32.1. The van der Waals surface area contributed by atoms with Gasteiger partial charge in [0.15, 0.2) is 11.5 Å². The Kier molecular flexibility index (Phi) is 3.11. The third kappa shape index (κ3) is 2.29. The van der Waals surface area contributed by atoms with Gasteiger partial charge in [0.25, 0.3) is 0 Å². The van der Waals surface area contributed by atoms with Crippen molar-refractivity contribution < 1.29 is 18.3 Å². The lowest BCUT2D eigenvalue weighted by Crippen LogP contribution is -2.03. The van der Waals surface area contributed by atoms with Crippen molar-refractivity contribution in [3.8, 4) is 17.6 Å². The van der Waals surface area contributed by atoms with Crippen molar-refractivity contribution in [2.45, 2.75) is 6.61 Å². The van der Waals surface area contributed by atoms with Crippen LogP contribution in [0.15, 0.2) is 18.2 Å². The summed E-state index contributed by atoms with van der Waals surface area (Å²) < 4.78 is 34.5. The van der Waals surface area contributed by atoms with Crippen LogP contribution in [0.3, 0.4) is 0 Å². The number of benzene rings is 1. The van der Waals surface area contributed by atoms with Crippen molar-refractivity contribution in [3.63, 3.8) is 0 Å². The van der Waals surface area contributed by atoms with Crippen molar-refractivity contribution in [1.82, 2.24) is 0 Å². The molecule has 0 saturated heterocycles. The van der Waals surface area contributed by atoms with Gasteiger partial charge in [-0.15, -0.1) is 11.3 Å². The molecule has 0 N–H and O–H groups in total. The normalized spacial score (nSPS) is 10.5. The number of nitrogens with zero attached hydrogens (tertiary/aromatic N) is 1. The fourth-order valence-electron chi connectivity index (χ4n) is 1.45. The van der Waals surface area contributed by atoms with E-state index in [-0.39, 0.29) is 11.5 Å². The van der Waals surface area contributed by atoms with Crippen LogP contribution in [0.25, 0.3) is 10.1 Å². The van der Waals surface area contributed by atoms with Crippen LogP contribution in [-0.2, 0) is 0 Å². The van der Waals surface area contributed by atoms with Crippen LogP contribution in [-0.4, -0.2) is 13.7 Å². The van der Waals surface area contributed by atoms with Crippen molar-refractivity contribution in [2.75, 3.05) is 7.11 Å². The first kappa shape index (κ1) is 11.6. The lowest BCUT2D eigenvalue weighted by molar-refractivity contribution is -0.0511. The van der Waals surface area contributed by atoms with Crippen molar-refractivity contribution in [2.24, 2.45) is 0 Å². The molecule has 0 unspecified atom stereocenters. The predicted molar refractivity (Wildman–Crippen MR) is 59.7 cm³/mol. The smallest absolute Gasteiger partial charge is 0.387 e. The molecule has 2 rings (SSSR count). The maximum atomic E-state index is 12.2. The van der Waals surface area contributed by atoms with Crippen molar-refractivity contribution >= 4 is 21.4 Å². The summed E-state index contributed by atoms with van der Waals surface area (Å²) in [6.07, 6.45) is 0. The summed E-state index contributed by atoms with van der Waals surface area (Å²) in [7, 11) is 1.37. The molecular formula is C11H7F2NO2S. The van der Waals surface area contributed by atoms with E-state index < -0.39 is 6.61 Å². The fourth-order valence-corrected chi connectivity index (χ4v) is 2.32. The molecule has 0 aliphatic heterocycles. The molecule has 0 aliphatic carbocycles. The van der Waals surface area contributed by atoms with Crippen LogP contribution in [0.5, 0.6) is 11.5 Å². The van der Waals surface area contributed by atoms with Gasteiger partial charge in [0.1, 0.15) is 10.9 Å². The van der Waals surface area contributed by atoms with Crippen LogP contribution in [0, 0.1) is 11.3 Å². The summed E-state index contributed by atoms with van der Waals surface area (Å²) in [6, 6.07) is 6.65. The molecule has 2 aromatic rings. The highest BCUT2D eigenvalue weighted by Crippen LogP contribution is 2.36. The number of halogens is 2. The van der Waals surface area contributed by atoms with Crippen LogP contribution >= 0.6 is 11.3 Å². The third-order valence-electron chi connectivity index (χ3n) is 2.13. The first-order chi connectivity index (χ1) is 8.13. The second-order valence-electron chi connectivity index (χ2n) is 3.14. The standard InChI is InChI=1S/C11H7F2NO2S/c1-15-8-4-10-6(2-7(5-14)17-10)3-9(8)16-11(12)13/h2-4,11H,1H3. The number of hydrogen-bond donors (Lipinski definition) is 0. The zero-order valence-corrected chi connectivity index (χ0v) is 9.55. The van der Waals surface area contributed by atoms with E-state index >= 15 is 0 Å². The van der Waals surface area contributed by atoms with Crippen molar-refractivity contribution in [3.05, 3.63) is 23.1 Å². The summed E-state index contributed by atoms with van der Waals surface area (Å²) in [5.41, 5.74) is 0. The summed E-state index contributed by atoms with van der Waals surface area (Å²) in [6.45, 7) is -2.91. The Bertz CT molecular complexity index is 589. The monoisotopic (exact) mass is 255 g/mol. The maximum Gasteiger partial charge on any atom is 0.387 e. The van der Waals surface area contributed by atoms with Gasteiger partial charge < -0.3 is 9.47 Å². The molecule has 17 heavy (non-hydrogen) atoms. The Hall–Kier alpha value is -1.87. The van der Waals surface area contributed by atoms with Gasteiger partial charge in [-0.1, -0.05) is 0 Å². The molecule has 1 heterocycles. The van der Waals surface area contributed by atoms with Crippen LogP contribution in [0.4, 0.5) is 8.78 Å². The average molecular weight is 255 g/mol. The molecule has 3 nitrogen and oxygen atoms in total. The van der Waals surface area contributed by atoms with Gasteiger partial charge in [-0.3, -0.25) is 0 Å². The van der Waals surface area contributed by atoms with E-state index in [1.165, 1.54) is 24.5 Å². The van der Waals surface area contributed by atoms with Crippen LogP contribution in [0.1, 0.15) is 4.88 Å². The lowest BCUT2D eigenvalue weighted by Gasteiger charge is -2.09. The molecular weight excluding hydrogens is 248 g/mol. The molecule has 6 heteroatoms.